The standard InChI is InChI=1S/C11H16N4O2/c1-15(2)11-13-8-4-5-12-6-7(8)9(14-11)10(16)17-3/h12H,4-6H2,1-3H3. The van der Waals surface area contributed by atoms with E-state index in [2.05, 4.69) is 15.3 Å². The Morgan fingerprint density at radius 3 is 2.82 bits per heavy atom. The molecule has 17 heavy (non-hydrogen) atoms. The highest BCUT2D eigenvalue weighted by molar-refractivity contribution is 5.89. The first-order valence-corrected chi connectivity index (χ1v) is 5.49. The van der Waals surface area contributed by atoms with E-state index in [1.807, 2.05) is 14.1 Å². The Bertz CT molecular complexity index is 445. The van der Waals surface area contributed by atoms with Crippen LogP contribution in [0.2, 0.25) is 0 Å². The molecule has 2 heterocycles. The number of ether oxygens (including phenoxy) is 1. The lowest BCUT2D eigenvalue weighted by Gasteiger charge is -2.20. The van der Waals surface area contributed by atoms with Gasteiger partial charge in [-0.15, -0.1) is 0 Å². The number of nitrogens with one attached hydrogen (secondary N) is 1. The number of carbonyl (C=O) groups excluding carboxylic acids is 1. The van der Waals surface area contributed by atoms with E-state index in [1.54, 1.807) is 4.90 Å². The Morgan fingerprint density at radius 1 is 1.41 bits per heavy atom. The molecule has 6 heteroatoms. The second kappa shape index (κ2) is 4.67. The minimum Gasteiger partial charge on any atom is -0.464 e. The van der Waals surface area contributed by atoms with E-state index in [-0.39, 0.29) is 0 Å². The maximum absolute atomic E-state index is 11.7. The fraction of sp³-hybridized carbons (Fsp3) is 0.545. The summed E-state index contributed by atoms with van der Waals surface area (Å²) in [6, 6.07) is 0. The van der Waals surface area contributed by atoms with Crippen molar-refractivity contribution in [2.24, 2.45) is 0 Å². The molecule has 1 N–H and O–H groups in total. The van der Waals surface area contributed by atoms with Crippen LogP contribution < -0.4 is 10.2 Å². The molecule has 1 aliphatic heterocycles. The molecule has 0 atom stereocenters. The van der Waals surface area contributed by atoms with Crippen LogP contribution >= 0.6 is 0 Å². The summed E-state index contributed by atoms with van der Waals surface area (Å²) in [6.07, 6.45) is 0.808. The van der Waals surface area contributed by atoms with Gasteiger partial charge in [-0.1, -0.05) is 0 Å². The van der Waals surface area contributed by atoms with Crippen molar-refractivity contribution in [3.8, 4) is 0 Å². The second-order valence-corrected chi connectivity index (χ2v) is 4.11. The summed E-state index contributed by atoms with van der Waals surface area (Å²) < 4.78 is 4.76. The monoisotopic (exact) mass is 236 g/mol. The zero-order valence-electron chi connectivity index (χ0n) is 10.3. The highest BCUT2D eigenvalue weighted by Gasteiger charge is 2.22. The third-order valence-electron chi connectivity index (χ3n) is 2.70. The van der Waals surface area contributed by atoms with Gasteiger partial charge in [-0.25, -0.2) is 14.8 Å². The molecule has 92 valence electrons. The summed E-state index contributed by atoms with van der Waals surface area (Å²) in [7, 11) is 5.07. The average molecular weight is 236 g/mol. The van der Waals surface area contributed by atoms with Crippen molar-refractivity contribution in [2.75, 3.05) is 32.6 Å². The second-order valence-electron chi connectivity index (χ2n) is 4.11. The smallest absolute Gasteiger partial charge is 0.357 e. The summed E-state index contributed by atoms with van der Waals surface area (Å²) >= 11 is 0. The van der Waals surface area contributed by atoms with E-state index in [1.165, 1.54) is 7.11 Å². The Hall–Kier alpha value is -1.69. The summed E-state index contributed by atoms with van der Waals surface area (Å²) in [5.74, 6) is 0.140. The number of aromatic nitrogens is 2. The van der Waals surface area contributed by atoms with Gasteiger partial charge in [0.05, 0.1) is 12.8 Å². The molecule has 0 saturated carbocycles. The van der Waals surface area contributed by atoms with E-state index in [9.17, 15) is 4.79 Å². The lowest BCUT2D eigenvalue weighted by molar-refractivity contribution is 0.0592. The molecule has 0 fully saturated rings. The summed E-state index contributed by atoms with van der Waals surface area (Å²) in [5, 5.41) is 3.21. The largest absolute Gasteiger partial charge is 0.464 e. The molecule has 0 radical (unpaired) electrons. The molecule has 0 aliphatic carbocycles. The topological polar surface area (TPSA) is 67.3 Å². The van der Waals surface area contributed by atoms with Gasteiger partial charge in [0.1, 0.15) is 0 Å². The van der Waals surface area contributed by atoms with Crippen LogP contribution in [-0.2, 0) is 17.7 Å². The Labute approximate surface area is 100 Å². The third-order valence-corrected chi connectivity index (χ3v) is 2.70. The van der Waals surface area contributed by atoms with Crippen LogP contribution in [0.25, 0.3) is 0 Å². The van der Waals surface area contributed by atoms with Crippen molar-refractivity contribution in [3.05, 3.63) is 17.0 Å². The van der Waals surface area contributed by atoms with Crippen LogP contribution in [0.15, 0.2) is 0 Å². The number of hydrogen-bond acceptors (Lipinski definition) is 6. The van der Waals surface area contributed by atoms with E-state index < -0.39 is 5.97 Å². The van der Waals surface area contributed by atoms with E-state index in [0.29, 0.717) is 18.2 Å². The summed E-state index contributed by atoms with van der Waals surface area (Å²) in [4.78, 5) is 22.2. The molecule has 2 rings (SSSR count). The molecule has 0 bridgehead atoms. The van der Waals surface area contributed by atoms with E-state index in [0.717, 1.165) is 24.2 Å². The number of fused-ring (bicyclic) bond motifs is 1. The van der Waals surface area contributed by atoms with Crippen molar-refractivity contribution in [3.63, 3.8) is 0 Å². The number of nitrogens with zero attached hydrogens (tertiary/aromatic N) is 3. The van der Waals surface area contributed by atoms with Gasteiger partial charge in [-0.3, -0.25) is 0 Å². The third kappa shape index (κ3) is 2.21. The van der Waals surface area contributed by atoms with Gasteiger partial charge in [0.25, 0.3) is 0 Å². The lowest BCUT2D eigenvalue weighted by atomic mass is 10.1. The van der Waals surface area contributed by atoms with Gasteiger partial charge in [0, 0.05) is 39.2 Å². The number of esters is 1. The van der Waals surface area contributed by atoms with Crippen molar-refractivity contribution >= 4 is 11.9 Å². The highest BCUT2D eigenvalue weighted by Crippen LogP contribution is 2.19. The molecule has 0 aromatic carbocycles. The highest BCUT2D eigenvalue weighted by atomic mass is 16.5. The summed E-state index contributed by atoms with van der Waals surface area (Å²) in [6.45, 7) is 1.49. The fourth-order valence-corrected chi connectivity index (χ4v) is 1.80. The maximum atomic E-state index is 11.7. The average Bonchev–Trinajstić information content (AvgIpc) is 2.36. The quantitative estimate of drug-likeness (QED) is 0.728. The molecule has 0 unspecified atom stereocenters. The number of hydrogen-bond donors (Lipinski definition) is 1. The van der Waals surface area contributed by atoms with Gasteiger partial charge in [0.2, 0.25) is 5.95 Å². The fourth-order valence-electron chi connectivity index (χ4n) is 1.80. The SMILES string of the molecule is COC(=O)c1nc(N(C)C)nc2c1CNCC2. The first-order valence-electron chi connectivity index (χ1n) is 5.49. The van der Waals surface area contributed by atoms with Crippen molar-refractivity contribution < 1.29 is 9.53 Å². The van der Waals surface area contributed by atoms with Gasteiger partial charge < -0.3 is 15.0 Å². The van der Waals surface area contributed by atoms with Gasteiger partial charge in [0.15, 0.2) is 5.69 Å². The zero-order chi connectivity index (χ0) is 12.4. The molecule has 0 saturated heterocycles. The summed E-state index contributed by atoms with van der Waals surface area (Å²) in [5.41, 5.74) is 2.16. The van der Waals surface area contributed by atoms with Crippen LogP contribution in [-0.4, -0.2) is 43.7 Å². The van der Waals surface area contributed by atoms with E-state index >= 15 is 0 Å². The van der Waals surface area contributed by atoms with Gasteiger partial charge >= 0.3 is 5.97 Å². The van der Waals surface area contributed by atoms with Crippen LogP contribution in [0.3, 0.4) is 0 Å². The molecular weight excluding hydrogens is 220 g/mol. The molecule has 6 nitrogen and oxygen atoms in total. The van der Waals surface area contributed by atoms with E-state index in [4.69, 9.17) is 4.74 Å². The first-order chi connectivity index (χ1) is 8.13. The maximum Gasteiger partial charge on any atom is 0.357 e. The molecule has 0 amide bonds. The van der Waals surface area contributed by atoms with Crippen LogP contribution in [0.4, 0.5) is 5.95 Å². The Morgan fingerprint density at radius 2 is 2.18 bits per heavy atom. The Kier molecular flexibility index (Phi) is 3.23. The predicted molar refractivity (Wildman–Crippen MR) is 63.1 cm³/mol. The zero-order valence-corrected chi connectivity index (χ0v) is 10.3. The Balaban J connectivity index is 2.54. The lowest BCUT2D eigenvalue weighted by Crippen LogP contribution is -2.29. The van der Waals surface area contributed by atoms with Crippen molar-refractivity contribution in [1.82, 2.24) is 15.3 Å². The van der Waals surface area contributed by atoms with Crippen LogP contribution in [0, 0.1) is 0 Å². The predicted octanol–water partition coefficient (Wildman–Crippen LogP) is -0.0251. The van der Waals surface area contributed by atoms with Crippen molar-refractivity contribution in [2.45, 2.75) is 13.0 Å². The number of rotatable bonds is 2. The minimum absolute atomic E-state index is 0.369. The normalized spacial score (nSPS) is 14.1. The molecule has 1 aromatic rings. The minimum atomic E-state index is -0.407. The first kappa shape index (κ1) is 11.8. The number of methoxy groups -OCH3 is 1. The molecule has 1 aromatic heterocycles. The number of carbonyl (C=O) groups is 1. The molecule has 1 aliphatic rings. The van der Waals surface area contributed by atoms with Gasteiger partial charge in [-0.05, 0) is 0 Å². The molecule has 0 spiro atoms. The van der Waals surface area contributed by atoms with Gasteiger partial charge in [-0.2, -0.15) is 0 Å². The van der Waals surface area contributed by atoms with Crippen LogP contribution in [0.1, 0.15) is 21.7 Å². The molecular formula is C11H16N4O2. The van der Waals surface area contributed by atoms with Crippen molar-refractivity contribution in [1.29, 1.82) is 0 Å². The van der Waals surface area contributed by atoms with Crippen LogP contribution in [0.5, 0.6) is 0 Å². The number of anilines is 1.